The van der Waals surface area contributed by atoms with Crippen LogP contribution in [0.5, 0.6) is 0 Å². The molecule has 4 nitrogen and oxygen atoms in total. The van der Waals surface area contributed by atoms with Gasteiger partial charge in [0.1, 0.15) is 0 Å². The highest BCUT2D eigenvalue weighted by Crippen LogP contribution is 2.25. The molecule has 0 atom stereocenters. The van der Waals surface area contributed by atoms with E-state index in [2.05, 4.69) is 9.13 Å². The summed E-state index contributed by atoms with van der Waals surface area (Å²) in [6.45, 7) is 0.214. The van der Waals surface area contributed by atoms with E-state index in [0.717, 1.165) is 0 Å². The van der Waals surface area contributed by atoms with Crippen LogP contribution in [0, 0.1) is 0 Å². The SMILES string of the molecule is O=S(=O)(/N=C1\CCCO1)C(F)(F)F. The Morgan fingerprint density at radius 1 is 1.38 bits per heavy atom. The predicted octanol–water partition coefficient (Wildman–Crippen LogP) is 1.04. The zero-order valence-electron chi connectivity index (χ0n) is 6.34. The van der Waals surface area contributed by atoms with Gasteiger partial charge in [0, 0.05) is 6.42 Å². The van der Waals surface area contributed by atoms with Crippen LogP contribution >= 0.6 is 0 Å². The maximum Gasteiger partial charge on any atom is 0.518 e. The zero-order chi connectivity index (χ0) is 10.1. The summed E-state index contributed by atoms with van der Waals surface area (Å²) >= 11 is 0. The van der Waals surface area contributed by atoms with Crippen molar-refractivity contribution in [2.45, 2.75) is 18.3 Å². The van der Waals surface area contributed by atoms with Crippen LogP contribution in [-0.4, -0.2) is 26.4 Å². The van der Waals surface area contributed by atoms with Gasteiger partial charge in [0.25, 0.3) is 0 Å². The van der Waals surface area contributed by atoms with Crippen LogP contribution in [-0.2, 0) is 14.8 Å². The van der Waals surface area contributed by atoms with Crippen molar-refractivity contribution in [2.75, 3.05) is 6.61 Å². The van der Waals surface area contributed by atoms with Gasteiger partial charge in [0.2, 0.25) is 0 Å². The molecule has 0 unspecified atom stereocenters. The normalized spacial score (nSPS) is 21.9. The fraction of sp³-hybridized carbons (Fsp3) is 0.800. The average Bonchev–Trinajstić information content (AvgIpc) is 2.35. The highest BCUT2D eigenvalue weighted by molar-refractivity contribution is 7.91. The number of hydrogen-bond acceptors (Lipinski definition) is 3. The van der Waals surface area contributed by atoms with E-state index >= 15 is 0 Å². The summed E-state index contributed by atoms with van der Waals surface area (Å²) in [6, 6.07) is 0. The minimum atomic E-state index is -5.42. The molecule has 76 valence electrons. The van der Waals surface area contributed by atoms with Gasteiger partial charge in [-0.05, 0) is 6.42 Å². The number of alkyl halides is 3. The van der Waals surface area contributed by atoms with E-state index in [1.165, 1.54) is 0 Å². The maximum absolute atomic E-state index is 11.7. The van der Waals surface area contributed by atoms with E-state index in [4.69, 9.17) is 0 Å². The summed E-state index contributed by atoms with van der Waals surface area (Å²) in [5, 5.41) is 0. The van der Waals surface area contributed by atoms with Crippen LogP contribution in [0.2, 0.25) is 0 Å². The molecule has 1 saturated heterocycles. The first-order valence-electron chi connectivity index (χ1n) is 3.36. The van der Waals surface area contributed by atoms with E-state index in [9.17, 15) is 21.6 Å². The average molecular weight is 217 g/mol. The largest absolute Gasteiger partial charge is 0.518 e. The van der Waals surface area contributed by atoms with Gasteiger partial charge in [-0.2, -0.15) is 21.6 Å². The Morgan fingerprint density at radius 2 is 2.00 bits per heavy atom. The Bertz CT molecular complexity index is 310. The molecule has 0 N–H and O–H groups in total. The molecule has 8 heteroatoms. The first-order chi connectivity index (χ1) is 5.83. The quantitative estimate of drug-likeness (QED) is 0.659. The smallest absolute Gasteiger partial charge is 0.480 e. The third kappa shape index (κ3) is 2.33. The molecular weight excluding hydrogens is 211 g/mol. The lowest BCUT2D eigenvalue weighted by atomic mass is 10.4. The molecule has 0 radical (unpaired) electrons. The summed E-state index contributed by atoms with van der Waals surface area (Å²) in [5.74, 6) is -0.364. The minimum absolute atomic E-state index is 0.134. The Balaban J connectivity index is 2.89. The minimum Gasteiger partial charge on any atom is -0.480 e. The molecule has 0 aromatic carbocycles. The molecule has 0 amide bonds. The second-order valence-corrected chi connectivity index (χ2v) is 3.95. The van der Waals surface area contributed by atoms with E-state index in [1.54, 1.807) is 0 Å². The Labute approximate surface area is 72.5 Å². The molecule has 0 bridgehead atoms. The van der Waals surface area contributed by atoms with Crippen LogP contribution in [0.1, 0.15) is 12.8 Å². The number of hydrogen-bond donors (Lipinski definition) is 0. The Hall–Kier alpha value is -0.790. The van der Waals surface area contributed by atoms with Gasteiger partial charge in [-0.25, -0.2) is 0 Å². The van der Waals surface area contributed by atoms with E-state index in [1.807, 2.05) is 0 Å². The fourth-order valence-corrected chi connectivity index (χ4v) is 1.26. The monoisotopic (exact) mass is 217 g/mol. The van der Waals surface area contributed by atoms with E-state index in [0.29, 0.717) is 6.42 Å². The van der Waals surface area contributed by atoms with Crippen LogP contribution in [0.25, 0.3) is 0 Å². The molecule has 1 aliphatic heterocycles. The zero-order valence-corrected chi connectivity index (χ0v) is 7.15. The summed E-state index contributed by atoms with van der Waals surface area (Å²) in [5.41, 5.74) is -5.34. The van der Waals surface area contributed by atoms with Crippen molar-refractivity contribution in [3.8, 4) is 0 Å². The highest BCUT2D eigenvalue weighted by atomic mass is 32.2. The molecule has 1 aliphatic rings. The van der Waals surface area contributed by atoms with Gasteiger partial charge in [0.15, 0.2) is 5.90 Å². The number of ether oxygens (including phenoxy) is 1. The van der Waals surface area contributed by atoms with Crippen LogP contribution < -0.4 is 0 Å². The lowest BCUT2D eigenvalue weighted by molar-refractivity contribution is -0.0435. The van der Waals surface area contributed by atoms with Crippen molar-refractivity contribution in [3.05, 3.63) is 0 Å². The highest BCUT2D eigenvalue weighted by Gasteiger charge is 2.46. The van der Waals surface area contributed by atoms with Gasteiger partial charge >= 0.3 is 15.5 Å². The lowest BCUT2D eigenvalue weighted by Gasteiger charge is -2.03. The summed E-state index contributed by atoms with van der Waals surface area (Å²) in [7, 11) is -5.42. The molecule has 1 fully saturated rings. The van der Waals surface area contributed by atoms with Gasteiger partial charge in [-0.15, -0.1) is 4.40 Å². The van der Waals surface area contributed by atoms with Crippen molar-refractivity contribution in [2.24, 2.45) is 4.40 Å². The molecule has 0 aromatic heterocycles. The van der Waals surface area contributed by atoms with Gasteiger partial charge in [-0.3, -0.25) is 0 Å². The molecule has 0 aliphatic carbocycles. The molecule has 1 rings (SSSR count). The fourth-order valence-electron chi connectivity index (χ4n) is 0.743. The van der Waals surface area contributed by atoms with Gasteiger partial charge in [0.05, 0.1) is 6.61 Å². The van der Waals surface area contributed by atoms with E-state index < -0.39 is 15.5 Å². The topological polar surface area (TPSA) is 55.7 Å². The van der Waals surface area contributed by atoms with E-state index in [-0.39, 0.29) is 18.9 Å². The van der Waals surface area contributed by atoms with Gasteiger partial charge in [-0.1, -0.05) is 0 Å². The number of sulfonamides is 1. The van der Waals surface area contributed by atoms with Crippen LogP contribution in [0.3, 0.4) is 0 Å². The van der Waals surface area contributed by atoms with Crippen LogP contribution in [0.15, 0.2) is 4.40 Å². The molecule has 13 heavy (non-hydrogen) atoms. The van der Waals surface area contributed by atoms with Crippen molar-refractivity contribution < 1.29 is 26.3 Å². The third-order valence-corrected chi connectivity index (χ3v) is 2.35. The second kappa shape index (κ2) is 3.17. The number of nitrogens with zero attached hydrogens (tertiary/aromatic N) is 1. The first-order valence-corrected chi connectivity index (χ1v) is 4.80. The standard InChI is InChI=1S/C5H6F3NO3S/c6-5(7,8)13(10,11)9-4-2-1-3-12-4/h1-3H2/b9-4+. The van der Waals surface area contributed by atoms with Crippen molar-refractivity contribution in [1.82, 2.24) is 0 Å². The van der Waals surface area contributed by atoms with Crippen LogP contribution in [0.4, 0.5) is 13.2 Å². The first kappa shape index (κ1) is 10.3. The molecular formula is C5H6F3NO3S. The molecule has 0 aromatic rings. The summed E-state index contributed by atoms with van der Waals surface area (Å²) < 4.78 is 63.1. The van der Waals surface area contributed by atoms with Crippen molar-refractivity contribution in [1.29, 1.82) is 0 Å². The second-order valence-electron chi connectivity index (χ2n) is 2.36. The molecule has 0 spiro atoms. The lowest BCUT2D eigenvalue weighted by Crippen LogP contribution is -2.22. The maximum atomic E-state index is 11.7. The van der Waals surface area contributed by atoms with Gasteiger partial charge < -0.3 is 4.74 Å². The third-order valence-electron chi connectivity index (χ3n) is 1.32. The molecule has 0 saturated carbocycles. The van der Waals surface area contributed by atoms with Crippen molar-refractivity contribution in [3.63, 3.8) is 0 Å². The Kier molecular flexibility index (Phi) is 2.51. The Morgan fingerprint density at radius 3 is 2.38 bits per heavy atom. The summed E-state index contributed by atoms with van der Waals surface area (Å²) in [4.78, 5) is 0. The summed E-state index contributed by atoms with van der Waals surface area (Å²) in [6.07, 6.45) is 0.627. The predicted molar refractivity (Wildman–Crippen MR) is 37.6 cm³/mol. The number of rotatable bonds is 1. The molecule has 1 heterocycles. The van der Waals surface area contributed by atoms with Crippen molar-refractivity contribution >= 4 is 15.9 Å². The number of halogens is 3.